The van der Waals surface area contributed by atoms with Gasteiger partial charge in [0, 0.05) is 5.92 Å². The highest BCUT2D eigenvalue weighted by atomic mass is 16.7. The summed E-state index contributed by atoms with van der Waals surface area (Å²) in [5, 5.41) is 0. The van der Waals surface area contributed by atoms with Gasteiger partial charge < -0.3 is 9.47 Å². The second-order valence-corrected chi connectivity index (χ2v) is 4.97. The topological polar surface area (TPSA) is 18.5 Å². The lowest BCUT2D eigenvalue weighted by molar-refractivity contribution is -0.173. The molecule has 4 atom stereocenters. The van der Waals surface area contributed by atoms with Gasteiger partial charge in [-0.2, -0.15) is 0 Å². The Hall–Kier alpha value is -0.0800. The third kappa shape index (κ3) is 2.36. The summed E-state index contributed by atoms with van der Waals surface area (Å²) >= 11 is 0. The van der Waals surface area contributed by atoms with Gasteiger partial charge in [0.15, 0.2) is 6.29 Å². The third-order valence-corrected chi connectivity index (χ3v) is 4.16. The lowest BCUT2D eigenvalue weighted by Gasteiger charge is -2.37. The molecule has 2 aliphatic rings. The quantitative estimate of drug-likeness (QED) is 0.712. The molecule has 0 aromatic rings. The van der Waals surface area contributed by atoms with Gasteiger partial charge in [-0.1, -0.05) is 33.1 Å². The molecular formula is C13H24O2. The lowest BCUT2D eigenvalue weighted by atomic mass is 9.74. The SMILES string of the molecule is CCCC(CC)C1CCOC2OCCC21. The Morgan fingerprint density at radius 1 is 1.13 bits per heavy atom. The van der Waals surface area contributed by atoms with E-state index in [-0.39, 0.29) is 6.29 Å². The zero-order valence-corrected chi connectivity index (χ0v) is 10.1. The fraction of sp³-hybridized carbons (Fsp3) is 1.00. The Balaban J connectivity index is 1.99. The molecular weight excluding hydrogens is 188 g/mol. The van der Waals surface area contributed by atoms with Crippen LogP contribution in [0.15, 0.2) is 0 Å². The zero-order chi connectivity index (χ0) is 10.7. The van der Waals surface area contributed by atoms with Crippen LogP contribution in [0.1, 0.15) is 46.0 Å². The Labute approximate surface area is 93.3 Å². The first kappa shape index (κ1) is 11.4. The Kier molecular flexibility index (Phi) is 4.04. The van der Waals surface area contributed by atoms with Crippen molar-refractivity contribution in [1.29, 1.82) is 0 Å². The van der Waals surface area contributed by atoms with Crippen LogP contribution in [-0.4, -0.2) is 19.5 Å². The second-order valence-electron chi connectivity index (χ2n) is 4.97. The van der Waals surface area contributed by atoms with Gasteiger partial charge in [0.2, 0.25) is 0 Å². The summed E-state index contributed by atoms with van der Waals surface area (Å²) in [6.07, 6.45) is 6.62. The van der Waals surface area contributed by atoms with E-state index < -0.39 is 0 Å². The van der Waals surface area contributed by atoms with Crippen LogP contribution in [0.2, 0.25) is 0 Å². The first-order valence-corrected chi connectivity index (χ1v) is 6.60. The van der Waals surface area contributed by atoms with Gasteiger partial charge >= 0.3 is 0 Å². The van der Waals surface area contributed by atoms with Gasteiger partial charge in [-0.05, 0) is 24.7 Å². The maximum atomic E-state index is 5.68. The van der Waals surface area contributed by atoms with E-state index in [4.69, 9.17) is 9.47 Å². The molecule has 2 rings (SSSR count). The minimum atomic E-state index is 0.134. The highest BCUT2D eigenvalue weighted by molar-refractivity contribution is 4.84. The van der Waals surface area contributed by atoms with E-state index in [0.29, 0.717) is 5.92 Å². The predicted octanol–water partition coefficient (Wildman–Crippen LogP) is 3.21. The van der Waals surface area contributed by atoms with Crippen LogP contribution in [0, 0.1) is 17.8 Å². The molecule has 0 aliphatic carbocycles. The van der Waals surface area contributed by atoms with Crippen molar-refractivity contribution in [3.8, 4) is 0 Å². The van der Waals surface area contributed by atoms with Crippen molar-refractivity contribution in [2.24, 2.45) is 17.8 Å². The summed E-state index contributed by atoms with van der Waals surface area (Å²) in [7, 11) is 0. The maximum absolute atomic E-state index is 5.68. The molecule has 2 aliphatic heterocycles. The maximum Gasteiger partial charge on any atom is 0.160 e. The summed E-state index contributed by atoms with van der Waals surface area (Å²) < 4.78 is 11.3. The Morgan fingerprint density at radius 3 is 2.53 bits per heavy atom. The molecule has 0 aromatic heterocycles. The molecule has 4 unspecified atom stereocenters. The smallest absolute Gasteiger partial charge is 0.160 e. The molecule has 0 amide bonds. The minimum Gasteiger partial charge on any atom is -0.352 e. The molecule has 2 nitrogen and oxygen atoms in total. The van der Waals surface area contributed by atoms with Gasteiger partial charge in [0.25, 0.3) is 0 Å². The van der Waals surface area contributed by atoms with Crippen LogP contribution in [0.25, 0.3) is 0 Å². The standard InChI is InChI=1S/C13H24O2/c1-3-5-10(4-2)11-6-8-14-13-12(11)7-9-15-13/h10-13H,3-9H2,1-2H3. The minimum absolute atomic E-state index is 0.134. The van der Waals surface area contributed by atoms with Crippen molar-refractivity contribution in [3.63, 3.8) is 0 Å². The van der Waals surface area contributed by atoms with Crippen LogP contribution in [0.4, 0.5) is 0 Å². The molecule has 0 bridgehead atoms. The van der Waals surface area contributed by atoms with Gasteiger partial charge in [0.1, 0.15) is 0 Å². The molecule has 2 saturated heterocycles. The molecule has 2 heterocycles. The van der Waals surface area contributed by atoms with E-state index in [0.717, 1.165) is 25.0 Å². The number of fused-ring (bicyclic) bond motifs is 1. The van der Waals surface area contributed by atoms with E-state index in [2.05, 4.69) is 13.8 Å². The molecule has 0 radical (unpaired) electrons. The van der Waals surface area contributed by atoms with Crippen molar-refractivity contribution in [2.45, 2.75) is 52.2 Å². The summed E-state index contributed by atoms with van der Waals surface area (Å²) in [6, 6.07) is 0. The van der Waals surface area contributed by atoms with Gasteiger partial charge in [-0.15, -0.1) is 0 Å². The molecule has 0 aromatic carbocycles. The molecule has 0 spiro atoms. The monoisotopic (exact) mass is 212 g/mol. The van der Waals surface area contributed by atoms with Crippen LogP contribution in [-0.2, 0) is 9.47 Å². The van der Waals surface area contributed by atoms with E-state index in [1.165, 1.54) is 32.1 Å². The third-order valence-electron chi connectivity index (χ3n) is 4.16. The molecule has 2 fully saturated rings. The molecule has 0 saturated carbocycles. The highest BCUT2D eigenvalue weighted by Gasteiger charge is 2.41. The molecule has 0 N–H and O–H groups in total. The lowest BCUT2D eigenvalue weighted by Crippen LogP contribution is -2.37. The number of hydrogen-bond donors (Lipinski definition) is 0. The Bertz CT molecular complexity index is 193. The molecule has 2 heteroatoms. The first-order valence-electron chi connectivity index (χ1n) is 6.60. The average Bonchev–Trinajstić information content (AvgIpc) is 2.73. The van der Waals surface area contributed by atoms with Crippen molar-refractivity contribution in [1.82, 2.24) is 0 Å². The van der Waals surface area contributed by atoms with Gasteiger partial charge in [-0.25, -0.2) is 0 Å². The second kappa shape index (κ2) is 5.31. The fourth-order valence-corrected chi connectivity index (χ4v) is 3.38. The largest absolute Gasteiger partial charge is 0.352 e. The normalized spacial score (nSPS) is 37.6. The van der Waals surface area contributed by atoms with Crippen LogP contribution in [0.5, 0.6) is 0 Å². The molecule has 88 valence electrons. The van der Waals surface area contributed by atoms with Crippen molar-refractivity contribution in [3.05, 3.63) is 0 Å². The zero-order valence-electron chi connectivity index (χ0n) is 10.1. The van der Waals surface area contributed by atoms with Crippen molar-refractivity contribution < 1.29 is 9.47 Å². The summed E-state index contributed by atoms with van der Waals surface area (Å²) in [6.45, 7) is 6.45. The van der Waals surface area contributed by atoms with Gasteiger partial charge in [0.05, 0.1) is 13.2 Å². The van der Waals surface area contributed by atoms with E-state index in [1.807, 2.05) is 0 Å². The molecule has 15 heavy (non-hydrogen) atoms. The van der Waals surface area contributed by atoms with Crippen LogP contribution < -0.4 is 0 Å². The van der Waals surface area contributed by atoms with E-state index >= 15 is 0 Å². The summed E-state index contributed by atoms with van der Waals surface area (Å²) in [5.41, 5.74) is 0. The fourth-order valence-electron chi connectivity index (χ4n) is 3.38. The number of hydrogen-bond acceptors (Lipinski definition) is 2. The van der Waals surface area contributed by atoms with Crippen molar-refractivity contribution >= 4 is 0 Å². The number of ether oxygens (including phenoxy) is 2. The van der Waals surface area contributed by atoms with Gasteiger partial charge in [-0.3, -0.25) is 0 Å². The van der Waals surface area contributed by atoms with Crippen LogP contribution in [0.3, 0.4) is 0 Å². The average molecular weight is 212 g/mol. The summed E-state index contributed by atoms with van der Waals surface area (Å²) in [4.78, 5) is 0. The Morgan fingerprint density at radius 2 is 1.87 bits per heavy atom. The first-order chi connectivity index (χ1) is 7.36. The van der Waals surface area contributed by atoms with Crippen molar-refractivity contribution in [2.75, 3.05) is 13.2 Å². The van der Waals surface area contributed by atoms with E-state index in [1.54, 1.807) is 0 Å². The van der Waals surface area contributed by atoms with Crippen LogP contribution >= 0.6 is 0 Å². The van der Waals surface area contributed by atoms with E-state index in [9.17, 15) is 0 Å². The number of rotatable bonds is 4. The summed E-state index contributed by atoms with van der Waals surface area (Å²) in [5.74, 6) is 2.44. The highest BCUT2D eigenvalue weighted by Crippen LogP contribution is 2.41. The predicted molar refractivity (Wildman–Crippen MR) is 60.6 cm³/mol.